The quantitative estimate of drug-likeness (QED) is 0.333. The molecule has 2 heteroatoms. The van der Waals surface area contributed by atoms with E-state index < -0.39 is 18.4 Å². The monoisotopic (exact) mass is 416 g/mol. The van der Waals surface area contributed by atoms with Crippen LogP contribution in [0.4, 0.5) is 0 Å². The van der Waals surface area contributed by atoms with Crippen LogP contribution in [-0.2, 0) is 4.44 Å². The van der Waals surface area contributed by atoms with Gasteiger partial charge in [0.05, 0.1) is 0 Å². The van der Waals surface area contributed by atoms with Gasteiger partial charge in [-0.15, -0.1) is 0 Å². The molecule has 0 saturated carbocycles. The van der Waals surface area contributed by atoms with E-state index in [1.807, 2.05) is 0 Å². The molecule has 0 amide bonds. The van der Waals surface area contributed by atoms with E-state index >= 15 is 0 Å². The summed E-state index contributed by atoms with van der Waals surface area (Å²) >= 11 is 4.39. The number of unbranched alkanes of at least 4 members (excludes halogenated alkanes) is 3. The molecule has 0 spiro atoms. The van der Waals surface area contributed by atoms with Crippen molar-refractivity contribution in [3.8, 4) is 0 Å². The molecule has 0 fully saturated rings. The first-order valence-electron chi connectivity index (χ1n) is 8.91. The van der Waals surface area contributed by atoms with Crippen LogP contribution in [0.5, 0.6) is 0 Å². The van der Waals surface area contributed by atoms with Gasteiger partial charge in [0.15, 0.2) is 0 Å². The molecule has 0 N–H and O–H groups in total. The molecular weight excluding hydrogens is 382 g/mol. The summed E-state index contributed by atoms with van der Waals surface area (Å²) in [7, 11) is 0. The fourth-order valence-electron chi connectivity index (χ4n) is 3.34. The number of hydrogen-bond acceptors (Lipinski definition) is 0. The van der Waals surface area contributed by atoms with Gasteiger partial charge in [-0.05, 0) is 0 Å². The van der Waals surface area contributed by atoms with Gasteiger partial charge in [-0.2, -0.15) is 0 Å². The van der Waals surface area contributed by atoms with Crippen molar-refractivity contribution < 1.29 is 0 Å². The molecule has 0 atom stereocenters. The van der Waals surface area contributed by atoms with Gasteiger partial charge in [-0.3, -0.25) is 0 Å². The average molecular weight is 416 g/mol. The topological polar surface area (TPSA) is 0 Å². The van der Waals surface area contributed by atoms with E-state index in [0.29, 0.717) is 0 Å². The van der Waals surface area contributed by atoms with Crippen molar-refractivity contribution in [2.24, 2.45) is 0 Å². The van der Waals surface area contributed by atoms with E-state index in [-0.39, 0.29) is 0 Å². The average Bonchev–Trinajstić information content (AvgIpc) is 2.51. The van der Waals surface area contributed by atoms with Gasteiger partial charge in [-0.25, -0.2) is 0 Å². The van der Waals surface area contributed by atoms with Crippen LogP contribution < -0.4 is 0 Å². The van der Waals surface area contributed by atoms with Crippen LogP contribution in [0.2, 0.25) is 18.3 Å². The second-order valence-corrected chi connectivity index (χ2v) is 20.8. The predicted octanol–water partition coefficient (Wildman–Crippen LogP) is 7.27. The Morgan fingerprint density at radius 1 is 0.810 bits per heavy atom. The molecule has 1 aromatic carbocycles. The third-order valence-electron chi connectivity index (χ3n) is 4.71. The fourth-order valence-corrected chi connectivity index (χ4v) is 20.2. The van der Waals surface area contributed by atoms with E-state index in [4.69, 9.17) is 11.6 Å². The fraction of sp³-hybridized carbons (Fsp3) is 0.684. The van der Waals surface area contributed by atoms with E-state index in [1.54, 1.807) is 13.3 Å². The van der Waals surface area contributed by atoms with Gasteiger partial charge in [0, 0.05) is 0 Å². The molecule has 0 radical (unpaired) electrons. The number of hydrogen-bond donors (Lipinski definition) is 0. The molecule has 0 aliphatic heterocycles. The normalized spacial score (nSPS) is 11.8. The zero-order chi connectivity index (χ0) is 15.6. The van der Waals surface area contributed by atoms with Crippen molar-refractivity contribution in [2.45, 2.75) is 77.0 Å². The third-order valence-corrected chi connectivity index (χ3v) is 20.4. The first-order valence-corrected chi connectivity index (χ1v) is 17.4. The second-order valence-electron chi connectivity index (χ2n) is 6.58. The van der Waals surface area contributed by atoms with E-state index in [2.05, 4.69) is 45.0 Å². The third kappa shape index (κ3) is 6.94. The Bertz CT molecular complexity index is 367. The van der Waals surface area contributed by atoms with Gasteiger partial charge >= 0.3 is 142 Å². The van der Waals surface area contributed by atoms with Crippen molar-refractivity contribution in [2.75, 3.05) is 0 Å². The molecule has 0 bridgehead atoms. The summed E-state index contributed by atoms with van der Waals surface area (Å²) in [5.74, 6) is 0. The van der Waals surface area contributed by atoms with E-state index in [1.165, 1.54) is 48.5 Å². The molecule has 0 aromatic heterocycles. The maximum absolute atomic E-state index is 6.47. The molecule has 0 heterocycles. The van der Waals surface area contributed by atoms with Crippen LogP contribution in [0.15, 0.2) is 24.3 Å². The first kappa shape index (κ1) is 19.4. The van der Waals surface area contributed by atoms with Crippen molar-refractivity contribution in [1.82, 2.24) is 0 Å². The summed E-state index contributed by atoms with van der Waals surface area (Å²) in [6.07, 6.45) is 8.36. The summed E-state index contributed by atoms with van der Waals surface area (Å²) in [6.45, 7) is 7.02. The van der Waals surface area contributed by atoms with Gasteiger partial charge in [0.1, 0.15) is 0 Å². The molecule has 21 heavy (non-hydrogen) atoms. The Labute approximate surface area is 141 Å². The van der Waals surface area contributed by atoms with Crippen LogP contribution in [0.1, 0.15) is 64.9 Å². The Kier molecular flexibility index (Phi) is 10.1. The zero-order valence-electron chi connectivity index (χ0n) is 14.3. The van der Waals surface area contributed by atoms with Crippen molar-refractivity contribution in [3.63, 3.8) is 0 Å². The SMILES string of the molecule is CCC[CH2][Sn]([CH2]CCC)([CH2]CCC)[CH2]c1ccccc1Cl. The Morgan fingerprint density at radius 3 is 1.71 bits per heavy atom. The predicted molar refractivity (Wildman–Crippen MR) is 100 cm³/mol. The van der Waals surface area contributed by atoms with Gasteiger partial charge in [-0.1, -0.05) is 0 Å². The molecule has 1 rings (SSSR count). The summed E-state index contributed by atoms with van der Waals surface area (Å²) < 4.78 is 6.07. The van der Waals surface area contributed by atoms with Gasteiger partial charge in [0.25, 0.3) is 0 Å². The molecule has 0 aliphatic rings. The second kappa shape index (κ2) is 10.9. The molecular formula is C19H33ClSn. The molecule has 0 saturated heterocycles. The Balaban J connectivity index is 2.92. The van der Waals surface area contributed by atoms with Crippen LogP contribution in [0, 0.1) is 0 Å². The number of halogens is 1. The van der Waals surface area contributed by atoms with E-state index in [9.17, 15) is 0 Å². The summed E-state index contributed by atoms with van der Waals surface area (Å²) in [5.41, 5.74) is 1.44. The molecule has 0 unspecified atom stereocenters. The Morgan fingerprint density at radius 2 is 1.29 bits per heavy atom. The van der Waals surface area contributed by atoms with Crippen molar-refractivity contribution in [3.05, 3.63) is 34.9 Å². The summed E-state index contributed by atoms with van der Waals surface area (Å²) in [5, 5.41) is 1.00. The minimum absolute atomic E-state index is 1.00. The first-order chi connectivity index (χ1) is 10.2. The number of benzene rings is 1. The van der Waals surface area contributed by atoms with Gasteiger partial charge < -0.3 is 0 Å². The van der Waals surface area contributed by atoms with Crippen LogP contribution in [0.3, 0.4) is 0 Å². The zero-order valence-corrected chi connectivity index (χ0v) is 17.9. The standard InChI is InChI=1S/C7H6Cl.3C4H9.Sn/c1-6-4-2-3-5-7(6)8;3*1-3-4-2;/h2-5H,1H2;3*1,3-4H2,2H3;. The van der Waals surface area contributed by atoms with Crippen molar-refractivity contribution in [1.29, 1.82) is 0 Å². The van der Waals surface area contributed by atoms with Crippen molar-refractivity contribution >= 4 is 30.0 Å². The van der Waals surface area contributed by atoms with Crippen LogP contribution >= 0.6 is 11.6 Å². The molecule has 120 valence electrons. The number of rotatable bonds is 11. The van der Waals surface area contributed by atoms with Crippen LogP contribution in [-0.4, -0.2) is 18.4 Å². The summed E-state index contributed by atoms with van der Waals surface area (Å²) in [6, 6.07) is 8.58. The van der Waals surface area contributed by atoms with Gasteiger partial charge in [0.2, 0.25) is 0 Å². The molecule has 0 aliphatic carbocycles. The maximum atomic E-state index is 6.47. The minimum atomic E-state index is -2.08. The van der Waals surface area contributed by atoms with Crippen LogP contribution in [0.25, 0.3) is 0 Å². The molecule has 1 aromatic rings. The summed E-state index contributed by atoms with van der Waals surface area (Å²) in [4.78, 5) is 0. The van der Waals surface area contributed by atoms with E-state index in [0.717, 1.165) is 5.02 Å². The molecule has 0 nitrogen and oxygen atoms in total. The Hall–Kier alpha value is 0.309.